The van der Waals surface area contributed by atoms with E-state index in [2.05, 4.69) is 0 Å². The van der Waals surface area contributed by atoms with Gasteiger partial charge < -0.3 is 0 Å². The van der Waals surface area contributed by atoms with Crippen LogP contribution in [0.1, 0.15) is 26.7 Å². The molecule has 0 radical (unpaired) electrons. The highest BCUT2D eigenvalue weighted by atomic mass is 31.2. The van der Waals surface area contributed by atoms with Crippen LogP contribution in [0.2, 0.25) is 0 Å². The maximum absolute atomic E-state index is 12.2. The Hall–Kier alpha value is 0.0500. The van der Waals surface area contributed by atoms with Gasteiger partial charge in [0.15, 0.2) is 0 Å². The highest BCUT2D eigenvalue weighted by molar-refractivity contribution is 7.50. The third kappa shape index (κ3) is 4.49. The van der Waals surface area contributed by atoms with Gasteiger partial charge in [-0.2, -0.15) is 0 Å². The number of nitrogens with zero attached hydrogens (tertiary/aromatic N) is 1. The van der Waals surface area contributed by atoms with E-state index in [0.29, 0.717) is 12.8 Å². The highest BCUT2D eigenvalue weighted by Gasteiger charge is 2.28. The summed E-state index contributed by atoms with van der Waals surface area (Å²) >= 11 is 0. The molecule has 0 aromatic heterocycles. The van der Waals surface area contributed by atoms with E-state index in [1.807, 2.05) is 0 Å². The minimum atomic E-state index is -4.98. The van der Waals surface area contributed by atoms with E-state index < -0.39 is 7.91 Å². The fourth-order valence-electron chi connectivity index (χ4n) is 0.861. The summed E-state index contributed by atoms with van der Waals surface area (Å²) in [5, 5.41) is 0. The zero-order valence-electron chi connectivity index (χ0n) is 6.89. The summed E-state index contributed by atoms with van der Waals surface area (Å²) in [6.07, 6.45) is 1.22. The predicted molar refractivity (Wildman–Crippen MR) is 42.0 cm³/mol. The molecule has 0 aliphatic rings. The molecular weight excluding hydrogens is 171 g/mol. The van der Waals surface area contributed by atoms with Crippen molar-refractivity contribution >= 4 is 7.91 Å². The van der Waals surface area contributed by atoms with Crippen LogP contribution in [0.15, 0.2) is 0 Å². The summed E-state index contributed by atoms with van der Waals surface area (Å²) in [6, 6.07) is 0. The Bertz CT molecular complexity index is 142. The number of rotatable bonds is 5. The molecule has 0 bridgehead atoms. The lowest BCUT2D eigenvalue weighted by Gasteiger charge is -2.17. The van der Waals surface area contributed by atoms with E-state index in [9.17, 15) is 13.0 Å². The van der Waals surface area contributed by atoms with Crippen LogP contribution in [0.4, 0.5) is 8.39 Å². The summed E-state index contributed by atoms with van der Waals surface area (Å²) in [4.78, 5) is 0. The maximum atomic E-state index is 12.2. The maximum Gasteiger partial charge on any atom is 0.482 e. The van der Waals surface area contributed by atoms with Crippen LogP contribution >= 0.6 is 7.91 Å². The van der Waals surface area contributed by atoms with Crippen LogP contribution in [-0.4, -0.2) is 17.8 Å². The lowest BCUT2D eigenvalue weighted by Crippen LogP contribution is -2.18. The topological polar surface area (TPSA) is 20.3 Å². The first-order chi connectivity index (χ1) is 5.02. The van der Waals surface area contributed by atoms with E-state index >= 15 is 0 Å². The molecule has 0 spiro atoms. The second-order valence-corrected chi connectivity index (χ2v) is 3.82. The van der Waals surface area contributed by atoms with Gasteiger partial charge in [-0.25, -0.2) is 9.24 Å². The van der Waals surface area contributed by atoms with Crippen molar-refractivity contribution < 1.29 is 13.0 Å². The second kappa shape index (κ2) is 4.83. The van der Waals surface area contributed by atoms with Gasteiger partial charge in [0.25, 0.3) is 0 Å². The molecule has 0 aliphatic heterocycles. The van der Waals surface area contributed by atoms with Crippen molar-refractivity contribution in [3.05, 3.63) is 0 Å². The van der Waals surface area contributed by atoms with E-state index in [1.165, 1.54) is 0 Å². The van der Waals surface area contributed by atoms with Gasteiger partial charge in [0, 0.05) is 13.1 Å². The number of halogens is 2. The summed E-state index contributed by atoms with van der Waals surface area (Å²) < 4.78 is 35.5. The Morgan fingerprint density at radius 3 is 1.73 bits per heavy atom. The smallest absolute Gasteiger partial charge is 0.231 e. The summed E-state index contributed by atoms with van der Waals surface area (Å²) in [7, 11) is -4.98. The van der Waals surface area contributed by atoms with Crippen molar-refractivity contribution in [3.8, 4) is 0 Å². The molecule has 0 fully saturated rings. The third-order valence-electron chi connectivity index (χ3n) is 1.29. The van der Waals surface area contributed by atoms with Crippen LogP contribution in [-0.2, 0) is 4.57 Å². The monoisotopic (exact) mass is 185 g/mol. The molecule has 68 valence electrons. The Balaban J connectivity index is 3.99. The minimum absolute atomic E-state index is 0.220. The highest BCUT2D eigenvalue weighted by Crippen LogP contribution is 2.52. The average molecular weight is 185 g/mol. The van der Waals surface area contributed by atoms with Gasteiger partial charge in [-0.05, 0) is 12.8 Å². The Labute approximate surface area is 66.2 Å². The van der Waals surface area contributed by atoms with Crippen molar-refractivity contribution in [2.75, 3.05) is 13.1 Å². The molecule has 0 unspecified atom stereocenters. The fourth-order valence-corrected chi connectivity index (χ4v) is 1.73. The normalized spacial score (nSPS) is 12.5. The van der Waals surface area contributed by atoms with E-state index in [4.69, 9.17) is 0 Å². The van der Waals surface area contributed by atoms with Gasteiger partial charge in [0.05, 0.1) is 0 Å². The first-order valence-corrected chi connectivity index (χ1v) is 5.21. The zero-order valence-corrected chi connectivity index (χ0v) is 7.78. The van der Waals surface area contributed by atoms with Gasteiger partial charge in [0.1, 0.15) is 0 Å². The number of hydrogen-bond donors (Lipinski definition) is 0. The molecular formula is C6H14F2NOP. The third-order valence-corrected chi connectivity index (χ3v) is 2.35. The van der Waals surface area contributed by atoms with Crippen LogP contribution < -0.4 is 0 Å². The molecule has 11 heavy (non-hydrogen) atoms. The Morgan fingerprint density at radius 2 is 1.55 bits per heavy atom. The molecule has 0 heterocycles. The van der Waals surface area contributed by atoms with Crippen molar-refractivity contribution in [2.45, 2.75) is 26.7 Å². The largest absolute Gasteiger partial charge is 0.482 e. The molecule has 0 atom stereocenters. The van der Waals surface area contributed by atoms with Crippen LogP contribution in [0.25, 0.3) is 0 Å². The second-order valence-electron chi connectivity index (χ2n) is 2.39. The van der Waals surface area contributed by atoms with Gasteiger partial charge in [-0.3, -0.25) is 0 Å². The molecule has 0 saturated heterocycles. The Kier molecular flexibility index (Phi) is 4.86. The minimum Gasteiger partial charge on any atom is -0.231 e. The van der Waals surface area contributed by atoms with Crippen molar-refractivity contribution in [1.29, 1.82) is 0 Å². The van der Waals surface area contributed by atoms with E-state index in [0.717, 1.165) is 4.67 Å². The molecule has 0 amide bonds. The van der Waals surface area contributed by atoms with Gasteiger partial charge in [-0.1, -0.05) is 13.8 Å². The van der Waals surface area contributed by atoms with Gasteiger partial charge in [0.2, 0.25) is 0 Å². The lowest BCUT2D eigenvalue weighted by molar-refractivity contribution is 0.344. The van der Waals surface area contributed by atoms with Crippen LogP contribution in [0, 0.1) is 0 Å². The predicted octanol–water partition coefficient (Wildman–Crippen LogP) is 3.16. The molecule has 0 aliphatic carbocycles. The zero-order chi connectivity index (χ0) is 8.91. The van der Waals surface area contributed by atoms with Gasteiger partial charge >= 0.3 is 7.91 Å². The Morgan fingerprint density at radius 1 is 1.18 bits per heavy atom. The first kappa shape index (κ1) is 11.1. The van der Waals surface area contributed by atoms with Crippen molar-refractivity contribution in [3.63, 3.8) is 0 Å². The van der Waals surface area contributed by atoms with Crippen molar-refractivity contribution in [1.82, 2.24) is 4.67 Å². The molecule has 0 saturated carbocycles. The SMILES string of the molecule is CCCN(CCC)P(=O)(F)F. The van der Waals surface area contributed by atoms with E-state index in [-0.39, 0.29) is 13.1 Å². The molecule has 2 nitrogen and oxygen atoms in total. The molecule has 0 rings (SSSR count). The number of hydrogen-bond acceptors (Lipinski definition) is 1. The molecule has 0 aromatic rings. The molecule has 5 heteroatoms. The summed E-state index contributed by atoms with van der Waals surface area (Å²) in [5.74, 6) is 0. The summed E-state index contributed by atoms with van der Waals surface area (Å²) in [5.41, 5.74) is 0. The quantitative estimate of drug-likeness (QED) is 0.613. The van der Waals surface area contributed by atoms with Crippen LogP contribution in [0.3, 0.4) is 0 Å². The molecule has 0 N–H and O–H groups in total. The fraction of sp³-hybridized carbons (Fsp3) is 1.00. The van der Waals surface area contributed by atoms with Gasteiger partial charge in [-0.15, -0.1) is 8.39 Å². The summed E-state index contributed by atoms with van der Waals surface area (Å²) in [6.45, 7) is 4.02. The lowest BCUT2D eigenvalue weighted by atomic mass is 10.4. The van der Waals surface area contributed by atoms with Crippen LogP contribution in [0.5, 0.6) is 0 Å². The average Bonchev–Trinajstić information content (AvgIpc) is 1.85. The first-order valence-electron chi connectivity index (χ1n) is 3.77. The standard InChI is InChI=1S/C6H14F2NOP/c1-3-5-9(6-4-2)11(7,8)10/h3-6H2,1-2H3. The van der Waals surface area contributed by atoms with Crippen molar-refractivity contribution in [2.24, 2.45) is 0 Å². The van der Waals surface area contributed by atoms with E-state index in [1.54, 1.807) is 13.8 Å². The molecule has 0 aromatic carbocycles.